The third-order valence-corrected chi connectivity index (χ3v) is 10.7. The Morgan fingerprint density at radius 3 is 1.30 bits per heavy atom. The van der Waals surface area contributed by atoms with Crippen molar-refractivity contribution < 1.29 is 42.9 Å². The van der Waals surface area contributed by atoms with Crippen molar-refractivity contribution >= 4 is 35.6 Å². The van der Waals surface area contributed by atoms with Crippen molar-refractivity contribution in [3.8, 4) is 0 Å². The smallest absolute Gasteiger partial charge is 0.338 e. The molecule has 0 amide bonds. The number of rotatable bonds is 21. The van der Waals surface area contributed by atoms with Gasteiger partial charge < -0.3 is 23.7 Å². The largest absolute Gasteiger partial charge is 0.459 e. The Labute approximate surface area is 334 Å². The van der Waals surface area contributed by atoms with Gasteiger partial charge in [-0.2, -0.15) is 0 Å². The maximum Gasteiger partial charge on any atom is 0.338 e. The van der Waals surface area contributed by atoms with E-state index in [1.807, 2.05) is 0 Å². The molecule has 0 radical (unpaired) electrons. The van der Waals surface area contributed by atoms with Gasteiger partial charge in [-0.3, -0.25) is 0 Å². The molecule has 5 rings (SSSR count). The molecule has 1 fully saturated rings. The van der Waals surface area contributed by atoms with Crippen LogP contribution < -0.4 is 0 Å². The maximum absolute atomic E-state index is 13.8. The number of carbonyl (C=O) groups is 4. The molecule has 1 aliphatic heterocycles. The summed E-state index contributed by atoms with van der Waals surface area (Å²) in [5, 5.41) is 0. The van der Waals surface area contributed by atoms with Crippen LogP contribution in [0.25, 0.3) is 0 Å². The van der Waals surface area contributed by atoms with E-state index in [0.717, 1.165) is 19.3 Å². The van der Waals surface area contributed by atoms with Crippen molar-refractivity contribution in [2.45, 2.75) is 101 Å². The Morgan fingerprint density at radius 2 is 0.857 bits per heavy atom. The summed E-state index contributed by atoms with van der Waals surface area (Å²) >= 11 is 1.43. The Balaban J connectivity index is 1.42. The van der Waals surface area contributed by atoms with Crippen LogP contribution in [0.4, 0.5) is 0 Å². The standard InChI is InChI=1S/C46H52O9S/c1-2-3-4-5-6-7-8-9-10-23-32-56-46-41(55-45(50)37-30-21-14-22-31-37)40(54-44(49)36-28-19-13-20-29-36)39(53-43(48)35-26-17-12-18-27-35)38(52-46)33-51-42(47)34-24-15-11-16-25-34/h11-22,24-31,38-41,46H,2-10,23,32-33H2,1H3/t38-,39-,40+,41-,46+/m1/s1. The second-order valence-electron chi connectivity index (χ2n) is 13.8. The van der Waals surface area contributed by atoms with E-state index in [4.69, 9.17) is 23.7 Å². The van der Waals surface area contributed by atoms with Crippen LogP contribution in [-0.2, 0) is 23.7 Å². The average molecular weight is 781 g/mol. The highest BCUT2D eigenvalue weighted by atomic mass is 32.2. The molecule has 0 unspecified atom stereocenters. The van der Waals surface area contributed by atoms with Gasteiger partial charge in [-0.05, 0) is 60.7 Å². The molecular formula is C46H52O9S. The van der Waals surface area contributed by atoms with Gasteiger partial charge in [-0.15, -0.1) is 11.8 Å². The number of hydrogen-bond acceptors (Lipinski definition) is 10. The number of esters is 4. The molecule has 0 bridgehead atoms. The van der Waals surface area contributed by atoms with Crippen LogP contribution in [0.5, 0.6) is 0 Å². The van der Waals surface area contributed by atoms with E-state index >= 15 is 0 Å². The summed E-state index contributed by atoms with van der Waals surface area (Å²) in [5.74, 6) is -2.04. The molecule has 10 heteroatoms. The molecule has 1 aliphatic rings. The third-order valence-electron chi connectivity index (χ3n) is 9.52. The van der Waals surface area contributed by atoms with E-state index in [9.17, 15) is 19.2 Å². The first kappa shape index (κ1) is 42.2. The molecule has 1 heterocycles. The highest BCUT2D eigenvalue weighted by Crippen LogP contribution is 2.36. The van der Waals surface area contributed by atoms with Crippen molar-refractivity contribution in [2.24, 2.45) is 0 Å². The summed E-state index contributed by atoms with van der Waals surface area (Å²) in [5.41, 5.74) is 0.241. The molecule has 5 atom stereocenters. The van der Waals surface area contributed by atoms with Gasteiger partial charge in [-0.1, -0.05) is 138 Å². The minimum Gasteiger partial charge on any atom is -0.459 e. The molecule has 9 nitrogen and oxygen atoms in total. The predicted molar refractivity (Wildman–Crippen MR) is 217 cm³/mol. The fraction of sp³-hybridized carbons (Fsp3) is 0.391. The zero-order chi connectivity index (χ0) is 39.4. The van der Waals surface area contributed by atoms with Crippen LogP contribution >= 0.6 is 11.8 Å². The number of carbonyl (C=O) groups excluding carboxylic acids is 4. The summed E-state index contributed by atoms with van der Waals surface area (Å²) in [7, 11) is 0. The highest BCUT2D eigenvalue weighted by Gasteiger charge is 2.53. The third kappa shape index (κ3) is 13.1. The normalized spacial score (nSPS) is 19.1. The average Bonchev–Trinajstić information content (AvgIpc) is 3.24. The van der Waals surface area contributed by atoms with Crippen LogP contribution in [0, 0.1) is 0 Å². The van der Waals surface area contributed by atoms with Crippen molar-refractivity contribution in [1.29, 1.82) is 0 Å². The summed E-state index contributed by atoms with van der Waals surface area (Å²) in [6.45, 7) is 1.89. The lowest BCUT2D eigenvalue weighted by atomic mass is 9.98. The van der Waals surface area contributed by atoms with E-state index in [0.29, 0.717) is 11.3 Å². The minimum absolute atomic E-state index is 0.246. The lowest BCUT2D eigenvalue weighted by Crippen LogP contribution is -2.61. The molecule has 296 valence electrons. The molecule has 0 aliphatic carbocycles. The van der Waals surface area contributed by atoms with Crippen molar-refractivity contribution in [2.75, 3.05) is 12.4 Å². The lowest BCUT2D eigenvalue weighted by Gasteiger charge is -2.44. The van der Waals surface area contributed by atoms with Gasteiger partial charge in [0.1, 0.15) is 18.1 Å². The first-order chi connectivity index (χ1) is 27.4. The van der Waals surface area contributed by atoms with Crippen LogP contribution in [0.2, 0.25) is 0 Å². The SMILES string of the molecule is CCCCCCCCCCCCS[C@@H]1O[C@H](COC(=O)c2ccccc2)[C@@H](OC(=O)c2ccccc2)[C@H](OC(=O)c2ccccc2)[C@H]1OC(=O)c1ccccc1. The van der Waals surface area contributed by atoms with Gasteiger partial charge in [0.2, 0.25) is 0 Å². The summed E-state index contributed by atoms with van der Waals surface area (Å²) in [6, 6.07) is 33.7. The van der Waals surface area contributed by atoms with Crippen molar-refractivity contribution in [3.05, 3.63) is 144 Å². The number of hydrogen-bond donors (Lipinski definition) is 0. The zero-order valence-corrected chi connectivity index (χ0v) is 32.8. The monoisotopic (exact) mass is 780 g/mol. The van der Waals surface area contributed by atoms with Gasteiger partial charge >= 0.3 is 23.9 Å². The fourth-order valence-electron chi connectivity index (χ4n) is 6.45. The van der Waals surface area contributed by atoms with Crippen LogP contribution in [0.1, 0.15) is 113 Å². The zero-order valence-electron chi connectivity index (χ0n) is 32.0. The van der Waals surface area contributed by atoms with Crippen LogP contribution in [0.15, 0.2) is 121 Å². The fourth-order valence-corrected chi connectivity index (χ4v) is 7.67. The Hall–Kier alpha value is -4.93. The van der Waals surface area contributed by atoms with Crippen molar-refractivity contribution in [3.63, 3.8) is 0 Å². The Bertz CT molecular complexity index is 1770. The van der Waals surface area contributed by atoms with E-state index in [1.165, 1.54) is 56.7 Å². The molecular weight excluding hydrogens is 729 g/mol. The first-order valence-corrected chi connectivity index (χ1v) is 20.8. The molecule has 0 N–H and O–H groups in total. The van der Waals surface area contributed by atoms with E-state index in [-0.39, 0.29) is 23.3 Å². The van der Waals surface area contributed by atoms with Gasteiger partial charge in [-0.25, -0.2) is 19.2 Å². The van der Waals surface area contributed by atoms with E-state index in [1.54, 1.807) is 121 Å². The van der Waals surface area contributed by atoms with Gasteiger partial charge in [0, 0.05) is 0 Å². The molecule has 4 aromatic rings. The molecule has 0 spiro atoms. The topological polar surface area (TPSA) is 114 Å². The summed E-state index contributed by atoms with van der Waals surface area (Å²) in [6.07, 6.45) is 6.78. The van der Waals surface area contributed by atoms with Crippen LogP contribution in [0.3, 0.4) is 0 Å². The van der Waals surface area contributed by atoms with Crippen molar-refractivity contribution in [1.82, 2.24) is 0 Å². The Kier molecular flexibility index (Phi) is 17.5. The molecule has 56 heavy (non-hydrogen) atoms. The maximum atomic E-state index is 13.8. The number of benzene rings is 4. The predicted octanol–water partition coefficient (Wildman–Crippen LogP) is 9.90. The number of unbranched alkanes of at least 4 members (excludes halogenated alkanes) is 9. The molecule has 0 saturated carbocycles. The summed E-state index contributed by atoms with van der Waals surface area (Å²) < 4.78 is 30.9. The van der Waals surface area contributed by atoms with Gasteiger partial charge in [0.05, 0.1) is 22.3 Å². The second kappa shape index (κ2) is 23.2. The lowest BCUT2D eigenvalue weighted by molar-refractivity contribution is -0.207. The quantitative estimate of drug-likeness (QED) is 0.0460. The number of ether oxygens (including phenoxy) is 5. The van der Waals surface area contributed by atoms with Gasteiger partial charge in [0.25, 0.3) is 0 Å². The van der Waals surface area contributed by atoms with E-state index < -0.39 is 53.7 Å². The van der Waals surface area contributed by atoms with E-state index in [2.05, 4.69) is 6.92 Å². The molecule has 0 aromatic heterocycles. The Morgan fingerprint density at radius 1 is 0.482 bits per heavy atom. The minimum atomic E-state index is -1.35. The second-order valence-corrected chi connectivity index (χ2v) is 15.0. The summed E-state index contributed by atoms with van der Waals surface area (Å²) in [4.78, 5) is 54.4. The van der Waals surface area contributed by atoms with Crippen LogP contribution in [-0.4, -0.2) is 66.1 Å². The first-order valence-electron chi connectivity index (χ1n) is 19.7. The van der Waals surface area contributed by atoms with Gasteiger partial charge in [0.15, 0.2) is 18.3 Å². The molecule has 1 saturated heterocycles. The number of thioether (sulfide) groups is 1. The molecule has 4 aromatic carbocycles. The highest BCUT2D eigenvalue weighted by molar-refractivity contribution is 7.99.